The van der Waals surface area contributed by atoms with E-state index in [2.05, 4.69) is 36.9 Å². The van der Waals surface area contributed by atoms with E-state index in [0.717, 1.165) is 24.8 Å². The highest BCUT2D eigenvalue weighted by atomic mass is 32.2. The Bertz CT molecular complexity index is 1710. The molecule has 0 atom stereocenters. The molecule has 2 N–H and O–H groups in total. The lowest BCUT2D eigenvalue weighted by molar-refractivity contribution is -0.121. The molecule has 2 aromatic heterocycles. The van der Waals surface area contributed by atoms with E-state index < -0.39 is 10.0 Å². The molecule has 0 radical (unpaired) electrons. The Morgan fingerprint density at radius 2 is 1.59 bits per heavy atom. The second-order valence-electron chi connectivity index (χ2n) is 11.4. The Labute approximate surface area is 270 Å². The first-order chi connectivity index (χ1) is 22.0. The molecule has 2 aromatic carbocycles. The van der Waals surface area contributed by atoms with E-state index >= 15 is 0 Å². The van der Waals surface area contributed by atoms with Crippen LogP contribution >= 0.6 is 0 Å². The standard InChI is InChI=1S/C33H40N6O6S/c1-6-7-10-19-34-27(40)18-22-44-32-28(45-26-13-9-8-12-25(26)43-5)29(37-31(38-32)30-35-20-11-21-36-30)39-46(41,42)24-16-14-23(15-17-24)33(2,3)4/h8-9,11-17,20-21H,6-7,10,18-19,22H2,1-5H3,(H,34,40)(H,37,38,39). The normalized spacial score (nSPS) is 11.5. The molecule has 46 heavy (non-hydrogen) atoms. The fourth-order valence-corrected chi connectivity index (χ4v) is 5.27. The molecule has 0 spiro atoms. The number of hydrogen-bond acceptors (Lipinski definition) is 10. The van der Waals surface area contributed by atoms with Gasteiger partial charge in [-0.2, -0.15) is 4.98 Å². The van der Waals surface area contributed by atoms with E-state index in [1.54, 1.807) is 42.5 Å². The van der Waals surface area contributed by atoms with Crippen LogP contribution in [-0.2, 0) is 20.2 Å². The molecule has 1 amide bonds. The fraction of sp³-hybridized carbons (Fsp3) is 0.364. The van der Waals surface area contributed by atoms with Crippen LogP contribution in [0.3, 0.4) is 0 Å². The molecule has 0 unspecified atom stereocenters. The van der Waals surface area contributed by atoms with Gasteiger partial charge in [-0.25, -0.2) is 23.4 Å². The molecule has 12 nitrogen and oxygen atoms in total. The van der Waals surface area contributed by atoms with E-state index in [-0.39, 0.29) is 64.1 Å². The molecule has 0 aliphatic rings. The van der Waals surface area contributed by atoms with Crippen LogP contribution in [0.5, 0.6) is 23.1 Å². The zero-order valence-corrected chi connectivity index (χ0v) is 27.6. The smallest absolute Gasteiger partial charge is 0.263 e. The predicted octanol–water partition coefficient (Wildman–Crippen LogP) is 5.91. The van der Waals surface area contributed by atoms with Gasteiger partial charge in [-0.1, -0.05) is 64.8 Å². The molecule has 4 rings (SSSR count). The van der Waals surface area contributed by atoms with Crippen molar-refractivity contribution in [3.05, 3.63) is 72.6 Å². The third-order valence-corrected chi connectivity index (χ3v) is 8.17. The molecule has 2 heterocycles. The van der Waals surface area contributed by atoms with Gasteiger partial charge in [0.05, 0.1) is 25.0 Å². The minimum Gasteiger partial charge on any atom is -0.493 e. The maximum Gasteiger partial charge on any atom is 0.263 e. The first-order valence-corrected chi connectivity index (χ1v) is 16.5. The molecule has 0 saturated carbocycles. The van der Waals surface area contributed by atoms with Crippen molar-refractivity contribution in [1.29, 1.82) is 0 Å². The average molecular weight is 649 g/mol. The van der Waals surface area contributed by atoms with Crippen LogP contribution in [-0.4, -0.2) is 54.5 Å². The van der Waals surface area contributed by atoms with Gasteiger partial charge in [-0.3, -0.25) is 9.52 Å². The van der Waals surface area contributed by atoms with Gasteiger partial charge in [0.15, 0.2) is 23.1 Å². The van der Waals surface area contributed by atoms with E-state index in [0.29, 0.717) is 12.3 Å². The van der Waals surface area contributed by atoms with Gasteiger partial charge in [0.1, 0.15) is 0 Å². The zero-order chi connectivity index (χ0) is 33.2. The number of benzene rings is 2. The van der Waals surface area contributed by atoms with Crippen molar-refractivity contribution in [1.82, 2.24) is 25.3 Å². The topological polar surface area (TPSA) is 155 Å². The first kappa shape index (κ1) is 34.1. The first-order valence-electron chi connectivity index (χ1n) is 15.0. The van der Waals surface area contributed by atoms with Gasteiger partial charge in [0, 0.05) is 18.9 Å². The van der Waals surface area contributed by atoms with E-state index in [4.69, 9.17) is 14.2 Å². The van der Waals surface area contributed by atoms with Crippen LogP contribution in [0.1, 0.15) is 58.9 Å². The lowest BCUT2D eigenvalue weighted by Crippen LogP contribution is -2.26. The molecule has 0 fully saturated rings. The highest BCUT2D eigenvalue weighted by Crippen LogP contribution is 2.41. The summed E-state index contributed by atoms with van der Waals surface area (Å²) in [5.74, 6) is 0.0663. The molecule has 4 aromatic rings. The van der Waals surface area contributed by atoms with Gasteiger partial charge < -0.3 is 19.5 Å². The van der Waals surface area contributed by atoms with Gasteiger partial charge in [0.25, 0.3) is 15.9 Å². The number of nitrogens with one attached hydrogen (secondary N) is 2. The van der Waals surface area contributed by atoms with Crippen LogP contribution in [0.2, 0.25) is 0 Å². The minimum atomic E-state index is -4.18. The van der Waals surface area contributed by atoms with Crippen LogP contribution in [0.15, 0.2) is 71.9 Å². The third kappa shape index (κ3) is 9.13. The van der Waals surface area contributed by atoms with Crippen molar-refractivity contribution < 1.29 is 27.4 Å². The zero-order valence-electron chi connectivity index (χ0n) is 26.7. The number of carbonyl (C=O) groups is 1. The number of anilines is 1. The van der Waals surface area contributed by atoms with E-state index in [1.807, 2.05) is 20.8 Å². The third-order valence-electron chi connectivity index (χ3n) is 6.81. The summed E-state index contributed by atoms with van der Waals surface area (Å²) in [5.41, 5.74) is 0.809. The van der Waals surface area contributed by atoms with Gasteiger partial charge in [0.2, 0.25) is 17.5 Å². The molecule has 244 valence electrons. The number of sulfonamides is 1. The summed E-state index contributed by atoms with van der Waals surface area (Å²) in [4.78, 5) is 29.9. The summed E-state index contributed by atoms with van der Waals surface area (Å²) >= 11 is 0. The summed E-state index contributed by atoms with van der Waals surface area (Å²) in [6, 6.07) is 15.1. The maximum absolute atomic E-state index is 13.7. The maximum atomic E-state index is 13.7. The van der Waals surface area contributed by atoms with Crippen LogP contribution in [0.25, 0.3) is 11.6 Å². The summed E-state index contributed by atoms with van der Waals surface area (Å²) in [5, 5.41) is 2.87. The number of hydrogen-bond donors (Lipinski definition) is 2. The predicted molar refractivity (Wildman–Crippen MR) is 175 cm³/mol. The molecular weight excluding hydrogens is 608 g/mol. The number of ether oxygens (including phenoxy) is 3. The van der Waals surface area contributed by atoms with Gasteiger partial charge in [-0.15, -0.1) is 0 Å². The van der Waals surface area contributed by atoms with Gasteiger partial charge >= 0.3 is 0 Å². The summed E-state index contributed by atoms with van der Waals surface area (Å²) in [6.07, 6.45) is 6.00. The highest BCUT2D eigenvalue weighted by molar-refractivity contribution is 7.92. The Balaban J connectivity index is 1.76. The van der Waals surface area contributed by atoms with E-state index in [9.17, 15) is 13.2 Å². The Kier molecular flexibility index (Phi) is 11.5. The largest absolute Gasteiger partial charge is 0.493 e. The molecule has 0 saturated heterocycles. The van der Waals surface area contributed by atoms with Crippen molar-refractivity contribution >= 4 is 21.7 Å². The molecule has 0 bridgehead atoms. The van der Waals surface area contributed by atoms with Crippen LogP contribution in [0, 0.1) is 0 Å². The number of rotatable bonds is 15. The second kappa shape index (κ2) is 15.5. The number of nitrogens with zero attached hydrogens (tertiary/aromatic N) is 4. The summed E-state index contributed by atoms with van der Waals surface area (Å²) < 4.78 is 47.6. The molecular formula is C33H40N6O6S. The van der Waals surface area contributed by atoms with E-state index in [1.165, 1.54) is 31.6 Å². The number of amides is 1. The summed E-state index contributed by atoms with van der Waals surface area (Å²) in [6.45, 7) is 8.72. The average Bonchev–Trinajstić information content (AvgIpc) is 3.04. The molecule has 0 aliphatic carbocycles. The highest BCUT2D eigenvalue weighted by Gasteiger charge is 2.26. The summed E-state index contributed by atoms with van der Waals surface area (Å²) in [7, 11) is -2.70. The Hall–Kier alpha value is -4.78. The lowest BCUT2D eigenvalue weighted by atomic mass is 9.87. The SMILES string of the molecule is CCCCCNC(=O)CCOc1nc(-c2ncccn2)nc(NS(=O)(=O)c2ccc(C(C)(C)C)cc2)c1Oc1ccccc1OC. The van der Waals surface area contributed by atoms with Crippen molar-refractivity contribution in [3.63, 3.8) is 0 Å². The van der Waals surface area contributed by atoms with Crippen LogP contribution in [0.4, 0.5) is 5.82 Å². The molecule has 13 heteroatoms. The minimum absolute atomic E-state index is 0.0158. The number of para-hydroxylation sites is 2. The monoisotopic (exact) mass is 648 g/mol. The lowest BCUT2D eigenvalue weighted by Gasteiger charge is -2.20. The Morgan fingerprint density at radius 3 is 2.24 bits per heavy atom. The van der Waals surface area contributed by atoms with Crippen molar-refractivity contribution in [2.75, 3.05) is 25.0 Å². The number of aromatic nitrogens is 4. The number of unbranched alkanes of at least 4 members (excludes halogenated alkanes) is 2. The van der Waals surface area contributed by atoms with Crippen LogP contribution < -0.4 is 24.2 Å². The molecule has 0 aliphatic heterocycles. The van der Waals surface area contributed by atoms with Crippen molar-refractivity contribution in [3.8, 4) is 34.8 Å². The van der Waals surface area contributed by atoms with Crippen molar-refractivity contribution in [2.45, 2.75) is 63.7 Å². The fourth-order valence-electron chi connectivity index (χ4n) is 4.27. The van der Waals surface area contributed by atoms with Crippen molar-refractivity contribution in [2.24, 2.45) is 0 Å². The quantitative estimate of drug-likeness (QED) is 0.149. The van der Waals surface area contributed by atoms with Gasteiger partial charge in [-0.05, 0) is 47.7 Å². The number of methoxy groups -OCH3 is 1. The Morgan fingerprint density at radius 1 is 0.891 bits per heavy atom. The second-order valence-corrected chi connectivity index (χ2v) is 13.1. The number of carbonyl (C=O) groups excluding carboxylic acids is 1.